The second kappa shape index (κ2) is 10.5. The standard InChI is InChI=1S/C25H31N5O2S2/c1-29-11-13-30(14-12-29)19-8-4-3-7-18(19)26-22(31)10-15-33-16-21-27-24(32)23-17-6-2-5-9-20(17)34-25(23)28-21/h3-4,7-8H,2,5-6,9-16H2,1H3,(H,26,31)(H,27,28,32). The number of aromatic nitrogens is 2. The molecule has 180 valence electrons. The summed E-state index contributed by atoms with van der Waals surface area (Å²) in [7, 11) is 2.14. The van der Waals surface area contributed by atoms with E-state index in [0.717, 1.165) is 67.0 Å². The summed E-state index contributed by atoms with van der Waals surface area (Å²) in [6.07, 6.45) is 4.82. The zero-order valence-corrected chi connectivity index (χ0v) is 21.2. The van der Waals surface area contributed by atoms with Gasteiger partial charge in [-0.2, -0.15) is 11.8 Å². The van der Waals surface area contributed by atoms with E-state index in [0.29, 0.717) is 23.8 Å². The van der Waals surface area contributed by atoms with Crippen LogP contribution in [-0.2, 0) is 23.4 Å². The first-order valence-corrected chi connectivity index (χ1v) is 14.0. The van der Waals surface area contributed by atoms with Crippen LogP contribution in [0.2, 0.25) is 0 Å². The first-order valence-electron chi connectivity index (χ1n) is 12.0. The molecule has 0 atom stereocenters. The lowest BCUT2D eigenvalue weighted by Gasteiger charge is -2.35. The zero-order chi connectivity index (χ0) is 23.5. The van der Waals surface area contributed by atoms with Crippen LogP contribution in [0.25, 0.3) is 10.2 Å². The molecule has 9 heteroatoms. The normalized spacial score (nSPS) is 16.6. The molecule has 1 aromatic carbocycles. The number of likely N-dealkylation sites (N-methyl/N-ethyl adjacent to an activating group) is 1. The fourth-order valence-corrected chi connectivity index (χ4v) is 6.81. The van der Waals surface area contributed by atoms with Crippen LogP contribution in [0.15, 0.2) is 29.1 Å². The summed E-state index contributed by atoms with van der Waals surface area (Å²) in [5.41, 5.74) is 3.16. The first kappa shape index (κ1) is 23.4. The minimum atomic E-state index is -0.0155. The van der Waals surface area contributed by atoms with Gasteiger partial charge in [-0.15, -0.1) is 11.3 Å². The Morgan fingerprint density at radius 3 is 2.82 bits per heavy atom. The van der Waals surface area contributed by atoms with Crippen molar-refractivity contribution in [3.05, 3.63) is 50.9 Å². The number of aryl methyl sites for hydroxylation is 2. The van der Waals surface area contributed by atoms with Crippen LogP contribution in [0.4, 0.5) is 11.4 Å². The molecule has 0 radical (unpaired) electrons. The summed E-state index contributed by atoms with van der Waals surface area (Å²) in [4.78, 5) is 39.9. The Morgan fingerprint density at radius 2 is 1.97 bits per heavy atom. The molecule has 0 saturated carbocycles. The predicted molar refractivity (Wildman–Crippen MR) is 142 cm³/mol. The van der Waals surface area contributed by atoms with Crippen LogP contribution >= 0.6 is 23.1 Å². The Hall–Kier alpha value is -2.36. The lowest BCUT2D eigenvalue weighted by atomic mass is 9.97. The number of fused-ring (bicyclic) bond motifs is 3. The number of benzene rings is 1. The molecule has 1 aliphatic carbocycles. The van der Waals surface area contributed by atoms with Crippen molar-refractivity contribution >= 4 is 50.6 Å². The van der Waals surface area contributed by atoms with E-state index in [9.17, 15) is 9.59 Å². The van der Waals surface area contributed by atoms with Gasteiger partial charge in [0.2, 0.25) is 5.91 Å². The minimum Gasteiger partial charge on any atom is -0.367 e. The maximum Gasteiger partial charge on any atom is 0.259 e. The number of carbonyl (C=O) groups is 1. The third-order valence-electron chi connectivity index (χ3n) is 6.61. The maximum absolute atomic E-state index is 12.7. The van der Waals surface area contributed by atoms with Crippen LogP contribution < -0.4 is 15.8 Å². The summed E-state index contributed by atoms with van der Waals surface area (Å²) in [6, 6.07) is 8.04. The summed E-state index contributed by atoms with van der Waals surface area (Å²) in [5.74, 6) is 1.98. The number of aromatic amines is 1. The number of H-pyrrole nitrogens is 1. The second-order valence-corrected chi connectivity index (χ2v) is 11.3. The number of carbonyl (C=O) groups excluding carboxylic acids is 1. The number of thiophene rings is 1. The minimum absolute atomic E-state index is 0.0110. The number of hydrogen-bond acceptors (Lipinski definition) is 7. The van der Waals surface area contributed by atoms with E-state index in [1.165, 1.54) is 16.9 Å². The lowest BCUT2D eigenvalue weighted by molar-refractivity contribution is -0.115. The average Bonchev–Trinajstić information content (AvgIpc) is 3.22. The molecule has 3 aromatic rings. The molecule has 0 spiro atoms. The highest BCUT2D eigenvalue weighted by molar-refractivity contribution is 7.98. The number of rotatable bonds is 7. The molecule has 7 nitrogen and oxygen atoms in total. The summed E-state index contributed by atoms with van der Waals surface area (Å²) < 4.78 is 0. The van der Waals surface area contributed by atoms with Gasteiger partial charge in [-0.1, -0.05) is 12.1 Å². The van der Waals surface area contributed by atoms with Crippen LogP contribution in [0.3, 0.4) is 0 Å². The van der Waals surface area contributed by atoms with Crippen LogP contribution in [-0.4, -0.2) is 59.8 Å². The highest BCUT2D eigenvalue weighted by atomic mass is 32.2. The van der Waals surface area contributed by atoms with Crippen molar-refractivity contribution in [2.45, 2.75) is 37.9 Å². The zero-order valence-electron chi connectivity index (χ0n) is 19.6. The quantitative estimate of drug-likeness (QED) is 0.482. The molecule has 5 rings (SSSR count). The van der Waals surface area contributed by atoms with Crippen molar-refractivity contribution < 1.29 is 4.79 Å². The average molecular weight is 498 g/mol. The molecule has 0 bridgehead atoms. The Kier molecular flexibility index (Phi) is 7.22. The van der Waals surface area contributed by atoms with Gasteiger partial charge in [-0.25, -0.2) is 4.98 Å². The van der Waals surface area contributed by atoms with E-state index < -0.39 is 0 Å². The van der Waals surface area contributed by atoms with E-state index >= 15 is 0 Å². The Labute approximate surface area is 207 Å². The fourth-order valence-electron chi connectivity index (χ4n) is 4.73. The highest BCUT2D eigenvalue weighted by Crippen LogP contribution is 2.33. The lowest BCUT2D eigenvalue weighted by Crippen LogP contribution is -2.44. The van der Waals surface area contributed by atoms with Gasteiger partial charge >= 0.3 is 0 Å². The van der Waals surface area contributed by atoms with Gasteiger partial charge in [0.15, 0.2) is 0 Å². The molecular weight excluding hydrogens is 466 g/mol. The molecule has 34 heavy (non-hydrogen) atoms. The van der Waals surface area contributed by atoms with Crippen LogP contribution in [0.5, 0.6) is 0 Å². The first-order chi connectivity index (χ1) is 16.6. The second-order valence-electron chi connectivity index (χ2n) is 9.06. The topological polar surface area (TPSA) is 81.3 Å². The number of para-hydroxylation sites is 2. The summed E-state index contributed by atoms with van der Waals surface area (Å²) >= 11 is 3.30. The van der Waals surface area contributed by atoms with Crippen molar-refractivity contribution in [3.63, 3.8) is 0 Å². The maximum atomic E-state index is 12.7. The molecule has 0 unspecified atom stereocenters. The largest absolute Gasteiger partial charge is 0.367 e. The molecule has 3 heterocycles. The van der Waals surface area contributed by atoms with E-state index in [2.05, 4.69) is 33.2 Å². The number of anilines is 2. The molecule has 1 aliphatic heterocycles. The monoisotopic (exact) mass is 497 g/mol. The van der Waals surface area contributed by atoms with E-state index in [-0.39, 0.29) is 11.5 Å². The van der Waals surface area contributed by atoms with Crippen molar-refractivity contribution in [2.24, 2.45) is 0 Å². The molecule has 1 fully saturated rings. The molecule has 2 aromatic heterocycles. The predicted octanol–water partition coefficient (Wildman–Crippen LogP) is 3.88. The van der Waals surface area contributed by atoms with E-state index in [1.54, 1.807) is 23.1 Å². The van der Waals surface area contributed by atoms with Crippen molar-refractivity contribution in [3.8, 4) is 0 Å². The van der Waals surface area contributed by atoms with Crippen LogP contribution in [0, 0.1) is 0 Å². The summed E-state index contributed by atoms with van der Waals surface area (Å²) in [6.45, 7) is 3.97. The van der Waals surface area contributed by atoms with Gasteiger partial charge in [0, 0.05) is 43.2 Å². The van der Waals surface area contributed by atoms with Crippen molar-refractivity contribution in [2.75, 3.05) is 49.2 Å². The Bertz CT molecular complexity index is 1230. The molecule has 1 saturated heterocycles. The molecular formula is C25H31N5O2S2. The van der Waals surface area contributed by atoms with E-state index in [1.807, 2.05) is 18.2 Å². The van der Waals surface area contributed by atoms with Gasteiger partial charge < -0.3 is 20.1 Å². The van der Waals surface area contributed by atoms with Crippen LogP contribution in [0.1, 0.15) is 35.5 Å². The number of thioether (sulfide) groups is 1. The van der Waals surface area contributed by atoms with Gasteiger partial charge in [0.25, 0.3) is 5.56 Å². The number of amides is 1. The smallest absolute Gasteiger partial charge is 0.259 e. The van der Waals surface area contributed by atoms with E-state index in [4.69, 9.17) is 4.98 Å². The molecule has 2 N–H and O–H groups in total. The van der Waals surface area contributed by atoms with Gasteiger partial charge in [0.1, 0.15) is 10.7 Å². The number of nitrogens with one attached hydrogen (secondary N) is 2. The third kappa shape index (κ3) is 5.16. The van der Waals surface area contributed by atoms with Gasteiger partial charge in [-0.05, 0) is 50.4 Å². The molecule has 1 amide bonds. The van der Waals surface area contributed by atoms with Gasteiger partial charge in [0.05, 0.1) is 22.5 Å². The van der Waals surface area contributed by atoms with Gasteiger partial charge in [-0.3, -0.25) is 9.59 Å². The number of nitrogens with zero attached hydrogens (tertiary/aromatic N) is 3. The van der Waals surface area contributed by atoms with Crippen molar-refractivity contribution in [1.82, 2.24) is 14.9 Å². The number of piperazine rings is 1. The van der Waals surface area contributed by atoms with Crippen molar-refractivity contribution in [1.29, 1.82) is 0 Å². The number of hydrogen-bond donors (Lipinski definition) is 2. The SMILES string of the molecule is CN1CCN(c2ccccc2NC(=O)CCSCc2nc3sc4c(c3c(=O)[nH]2)CCCC4)CC1. The fraction of sp³-hybridized carbons (Fsp3) is 0.480. The highest BCUT2D eigenvalue weighted by Gasteiger charge is 2.20. The third-order valence-corrected chi connectivity index (χ3v) is 8.76. The Balaban J connectivity index is 1.15. The summed E-state index contributed by atoms with van der Waals surface area (Å²) in [5, 5.41) is 3.90. The molecule has 2 aliphatic rings. The Morgan fingerprint density at radius 1 is 1.18 bits per heavy atom.